The van der Waals surface area contributed by atoms with Crippen LogP contribution < -0.4 is 14.2 Å². The minimum atomic E-state index is -0.0603. The quantitative estimate of drug-likeness (QED) is 0.354. The van der Waals surface area contributed by atoms with Crippen LogP contribution in [0.25, 0.3) is 11.2 Å². The summed E-state index contributed by atoms with van der Waals surface area (Å²) in [5.41, 5.74) is 5.09. The molecule has 0 spiro atoms. The number of hydrogen-bond donors (Lipinski definition) is 0. The summed E-state index contributed by atoms with van der Waals surface area (Å²) in [5.74, 6) is 2.14. The Balaban J connectivity index is 1.42. The van der Waals surface area contributed by atoms with Crippen LogP contribution in [0.15, 0.2) is 49.1 Å². The predicted octanol–water partition coefficient (Wildman–Crippen LogP) is 4.56. The number of benzene rings is 1. The lowest BCUT2D eigenvalue weighted by Gasteiger charge is -2.28. The summed E-state index contributed by atoms with van der Waals surface area (Å²) in [5, 5.41) is 0. The van der Waals surface area contributed by atoms with Gasteiger partial charge in [0.2, 0.25) is 5.88 Å². The van der Waals surface area contributed by atoms with E-state index in [1.165, 1.54) is 0 Å². The average molecular weight is 528 g/mol. The molecule has 31 heavy (non-hydrogen) atoms. The zero-order valence-corrected chi connectivity index (χ0v) is 19.4. The Labute approximate surface area is 193 Å². The Kier molecular flexibility index (Phi) is 5.39. The Morgan fingerprint density at radius 1 is 1.10 bits per heavy atom. The number of hydrogen-bond acceptors (Lipinski definition) is 6. The maximum absolute atomic E-state index is 6.35. The molecule has 0 radical (unpaired) electrons. The van der Waals surface area contributed by atoms with Crippen molar-refractivity contribution in [2.24, 2.45) is 0 Å². The van der Waals surface area contributed by atoms with Crippen LogP contribution in [0.2, 0.25) is 0 Å². The van der Waals surface area contributed by atoms with E-state index in [4.69, 9.17) is 14.2 Å². The molecule has 0 aliphatic carbocycles. The summed E-state index contributed by atoms with van der Waals surface area (Å²) in [6.45, 7) is 0.666. The summed E-state index contributed by atoms with van der Waals surface area (Å²) >= 11 is 2.25. The molecule has 5 rings (SSSR count). The molecule has 0 saturated carbocycles. The van der Waals surface area contributed by atoms with Crippen molar-refractivity contribution < 1.29 is 14.2 Å². The molecule has 0 fully saturated rings. The molecule has 3 aromatic heterocycles. The maximum Gasteiger partial charge on any atom is 0.212 e. The number of rotatable bonds is 5. The first kappa shape index (κ1) is 20.0. The van der Waals surface area contributed by atoms with Crippen LogP contribution in [0.5, 0.6) is 17.4 Å². The van der Waals surface area contributed by atoms with Crippen LogP contribution in [0, 0.1) is 3.57 Å². The van der Waals surface area contributed by atoms with Crippen molar-refractivity contribution in [1.82, 2.24) is 19.5 Å². The monoisotopic (exact) mass is 528 g/mol. The minimum Gasteiger partial charge on any atom is -0.493 e. The van der Waals surface area contributed by atoms with Gasteiger partial charge in [0.15, 0.2) is 17.1 Å². The third kappa shape index (κ3) is 3.91. The van der Waals surface area contributed by atoms with E-state index >= 15 is 0 Å². The molecule has 158 valence electrons. The highest BCUT2D eigenvalue weighted by molar-refractivity contribution is 14.1. The summed E-state index contributed by atoms with van der Waals surface area (Å²) in [6, 6.07) is 10.1. The van der Waals surface area contributed by atoms with Crippen molar-refractivity contribution in [2.45, 2.75) is 25.5 Å². The molecule has 1 atom stereocenters. The molecule has 1 aromatic carbocycles. The van der Waals surface area contributed by atoms with Gasteiger partial charge < -0.3 is 18.8 Å². The van der Waals surface area contributed by atoms with Crippen molar-refractivity contribution in [3.8, 4) is 17.4 Å². The summed E-state index contributed by atoms with van der Waals surface area (Å²) in [7, 11) is 3.29. The maximum atomic E-state index is 6.35. The van der Waals surface area contributed by atoms with E-state index in [-0.39, 0.29) is 6.10 Å². The molecular weight excluding hydrogens is 507 g/mol. The zero-order valence-electron chi connectivity index (χ0n) is 17.2. The highest BCUT2D eigenvalue weighted by Gasteiger charge is 2.25. The molecule has 1 aliphatic heterocycles. The number of methoxy groups -OCH3 is 2. The third-order valence-corrected chi connectivity index (χ3v) is 6.05. The average Bonchev–Trinajstić information content (AvgIpc) is 3.19. The molecule has 0 amide bonds. The number of aryl methyl sites for hydroxylation is 1. The third-order valence-electron chi connectivity index (χ3n) is 5.46. The molecule has 4 aromatic rings. The SMILES string of the molecule is COc1ccc(C2CCc3cc(Cn4cnc5cc(I)cnc54)cc(OC)c3O2)cn1. The molecule has 1 aliphatic rings. The fourth-order valence-electron chi connectivity index (χ4n) is 3.95. The Morgan fingerprint density at radius 3 is 2.77 bits per heavy atom. The van der Waals surface area contributed by atoms with E-state index < -0.39 is 0 Å². The van der Waals surface area contributed by atoms with Crippen LogP contribution in [0.1, 0.15) is 29.2 Å². The van der Waals surface area contributed by atoms with Crippen molar-refractivity contribution in [3.63, 3.8) is 0 Å². The molecule has 0 N–H and O–H groups in total. The summed E-state index contributed by atoms with van der Waals surface area (Å²) in [4.78, 5) is 13.3. The van der Waals surface area contributed by atoms with E-state index in [0.717, 1.165) is 55.8 Å². The zero-order chi connectivity index (χ0) is 21.4. The van der Waals surface area contributed by atoms with Gasteiger partial charge >= 0.3 is 0 Å². The van der Waals surface area contributed by atoms with Gasteiger partial charge in [-0.1, -0.05) is 6.07 Å². The first-order valence-electron chi connectivity index (χ1n) is 9.97. The van der Waals surface area contributed by atoms with Gasteiger partial charge in [-0.2, -0.15) is 0 Å². The summed E-state index contributed by atoms with van der Waals surface area (Å²) in [6.07, 6.45) is 7.22. The molecular formula is C23H21IN4O3. The first-order valence-corrected chi connectivity index (χ1v) is 11.0. The van der Waals surface area contributed by atoms with Gasteiger partial charge in [0.25, 0.3) is 0 Å². The van der Waals surface area contributed by atoms with Gasteiger partial charge in [-0.25, -0.2) is 15.0 Å². The highest BCUT2D eigenvalue weighted by atomic mass is 127. The van der Waals surface area contributed by atoms with E-state index in [1.807, 2.05) is 43.0 Å². The fourth-order valence-corrected chi connectivity index (χ4v) is 4.38. The number of fused-ring (bicyclic) bond motifs is 2. The lowest BCUT2D eigenvalue weighted by molar-refractivity contribution is 0.168. The first-order chi connectivity index (χ1) is 15.1. The summed E-state index contributed by atoms with van der Waals surface area (Å²) < 4.78 is 20.3. The van der Waals surface area contributed by atoms with Gasteiger partial charge in [0.1, 0.15) is 11.6 Å². The molecule has 0 bridgehead atoms. The van der Waals surface area contributed by atoms with Crippen molar-refractivity contribution in [1.29, 1.82) is 0 Å². The number of nitrogens with zero attached hydrogens (tertiary/aromatic N) is 4. The van der Waals surface area contributed by atoms with Crippen molar-refractivity contribution in [2.75, 3.05) is 14.2 Å². The highest BCUT2D eigenvalue weighted by Crippen LogP contribution is 2.42. The van der Waals surface area contributed by atoms with Gasteiger partial charge in [0.05, 0.1) is 27.1 Å². The molecule has 8 heteroatoms. The van der Waals surface area contributed by atoms with Crippen molar-refractivity contribution in [3.05, 3.63) is 69.3 Å². The molecule has 7 nitrogen and oxygen atoms in total. The predicted molar refractivity (Wildman–Crippen MR) is 125 cm³/mol. The topological polar surface area (TPSA) is 71.3 Å². The second kappa shape index (κ2) is 8.33. The number of aromatic nitrogens is 4. The van der Waals surface area contributed by atoms with Crippen LogP contribution in [-0.4, -0.2) is 33.7 Å². The van der Waals surface area contributed by atoms with E-state index in [0.29, 0.717) is 12.4 Å². The second-order valence-corrected chi connectivity index (χ2v) is 8.68. The van der Waals surface area contributed by atoms with E-state index in [2.05, 4.69) is 48.2 Å². The van der Waals surface area contributed by atoms with E-state index in [1.54, 1.807) is 14.2 Å². The van der Waals surface area contributed by atoms with Crippen LogP contribution in [0.3, 0.4) is 0 Å². The van der Waals surface area contributed by atoms with Crippen LogP contribution in [-0.2, 0) is 13.0 Å². The minimum absolute atomic E-state index is 0.0603. The lowest BCUT2D eigenvalue weighted by atomic mass is 9.96. The Morgan fingerprint density at radius 2 is 2.00 bits per heavy atom. The van der Waals surface area contributed by atoms with Crippen LogP contribution in [0.4, 0.5) is 0 Å². The largest absolute Gasteiger partial charge is 0.493 e. The standard InChI is InChI=1S/C23H21IN4O3/c1-29-20-8-14(12-28-13-27-18-9-17(24)11-26-23(18)28)7-15-3-5-19(31-22(15)20)16-4-6-21(30-2)25-10-16/h4,6-11,13,19H,3,5,12H2,1-2H3. The molecule has 4 heterocycles. The number of imidazole rings is 1. The molecule has 1 unspecified atom stereocenters. The lowest BCUT2D eigenvalue weighted by Crippen LogP contribution is -2.16. The van der Waals surface area contributed by atoms with Gasteiger partial charge in [-0.15, -0.1) is 0 Å². The van der Waals surface area contributed by atoms with Gasteiger partial charge in [-0.3, -0.25) is 0 Å². The second-order valence-electron chi connectivity index (χ2n) is 7.43. The van der Waals surface area contributed by atoms with Crippen molar-refractivity contribution >= 4 is 33.8 Å². The fraction of sp³-hybridized carbons (Fsp3) is 0.261. The van der Waals surface area contributed by atoms with Gasteiger partial charge in [-0.05, 0) is 64.8 Å². The molecule has 0 saturated heterocycles. The van der Waals surface area contributed by atoms with Crippen LogP contribution >= 0.6 is 22.6 Å². The Bertz CT molecular complexity index is 1220. The number of pyridine rings is 2. The Hall–Kier alpha value is -2.88. The van der Waals surface area contributed by atoms with Gasteiger partial charge in [0, 0.05) is 27.6 Å². The number of ether oxygens (including phenoxy) is 3. The normalized spacial score (nSPS) is 15.4. The number of halogens is 1. The van der Waals surface area contributed by atoms with E-state index in [9.17, 15) is 0 Å². The smallest absolute Gasteiger partial charge is 0.212 e.